The van der Waals surface area contributed by atoms with Gasteiger partial charge >= 0.3 is 0 Å². The fraction of sp³-hybridized carbons (Fsp3) is 0.517. The van der Waals surface area contributed by atoms with Gasteiger partial charge in [0.1, 0.15) is 5.75 Å². The van der Waals surface area contributed by atoms with Gasteiger partial charge in [0.25, 0.3) is 0 Å². The van der Waals surface area contributed by atoms with Gasteiger partial charge < -0.3 is 4.74 Å². The van der Waals surface area contributed by atoms with Gasteiger partial charge in [-0.3, -0.25) is 0 Å². The van der Waals surface area contributed by atoms with Gasteiger partial charge in [0, 0.05) is 11.1 Å². The molecular formula is C29H36O. The Morgan fingerprint density at radius 1 is 0.800 bits per heavy atom. The largest absolute Gasteiger partial charge is 0.497 e. The third-order valence-electron chi connectivity index (χ3n) is 7.51. The van der Waals surface area contributed by atoms with E-state index in [9.17, 15) is 0 Å². The predicted octanol–water partition coefficient (Wildman–Crippen LogP) is 7.59. The van der Waals surface area contributed by atoms with Crippen molar-refractivity contribution in [2.45, 2.75) is 70.6 Å². The number of benzene rings is 2. The van der Waals surface area contributed by atoms with Crippen molar-refractivity contribution in [3.63, 3.8) is 0 Å². The van der Waals surface area contributed by atoms with Crippen LogP contribution >= 0.6 is 0 Å². The first kappa shape index (κ1) is 21.0. The Balaban J connectivity index is 1.33. The van der Waals surface area contributed by atoms with Gasteiger partial charge in [0.15, 0.2) is 0 Å². The summed E-state index contributed by atoms with van der Waals surface area (Å²) < 4.78 is 5.21. The lowest BCUT2D eigenvalue weighted by atomic mass is 9.63. The van der Waals surface area contributed by atoms with Crippen LogP contribution in [0.1, 0.15) is 87.3 Å². The van der Waals surface area contributed by atoms with Crippen molar-refractivity contribution in [2.75, 3.05) is 7.11 Å². The molecule has 0 aromatic heterocycles. The van der Waals surface area contributed by atoms with Crippen LogP contribution in [0.25, 0.3) is 0 Å². The molecule has 0 N–H and O–H groups in total. The highest BCUT2D eigenvalue weighted by atomic mass is 16.5. The van der Waals surface area contributed by atoms with Crippen molar-refractivity contribution in [3.8, 4) is 17.6 Å². The molecule has 2 aliphatic carbocycles. The highest BCUT2D eigenvalue weighted by molar-refractivity contribution is 5.45. The van der Waals surface area contributed by atoms with Crippen molar-refractivity contribution in [2.24, 2.45) is 17.8 Å². The summed E-state index contributed by atoms with van der Waals surface area (Å²) in [6.45, 7) is 2.33. The molecule has 0 spiro atoms. The lowest BCUT2D eigenvalue weighted by molar-refractivity contribution is 0.113. The summed E-state index contributed by atoms with van der Waals surface area (Å²) in [5, 5.41) is 0. The zero-order valence-corrected chi connectivity index (χ0v) is 18.7. The summed E-state index contributed by atoms with van der Waals surface area (Å²) in [5.74, 6) is 11.2. The van der Waals surface area contributed by atoms with Gasteiger partial charge in [-0.15, -0.1) is 0 Å². The van der Waals surface area contributed by atoms with E-state index in [1.54, 1.807) is 7.11 Å². The predicted molar refractivity (Wildman–Crippen MR) is 126 cm³/mol. The Morgan fingerprint density at radius 3 is 2.10 bits per heavy atom. The topological polar surface area (TPSA) is 9.23 Å². The van der Waals surface area contributed by atoms with E-state index in [2.05, 4.69) is 43.0 Å². The number of fused-ring (bicyclic) bond motifs is 1. The molecule has 2 fully saturated rings. The molecule has 0 radical (unpaired) electrons. The molecule has 158 valence electrons. The van der Waals surface area contributed by atoms with E-state index in [4.69, 9.17) is 4.74 Å². The van der Waals surface area contributed by atoms with Crippen LogP contribution in [0.2, 0.25) is 0 Å². The first-order valence-corrected chi connectivity index (χ1v) is 12.0. The van der Waals surface area contributed by atoms with E-state index in [1.807, 2.05) is 24.3 Å². The minimum atomic E-state index is 0.752. The minimum Gasteiger partial charge on any atom is -0.497 e. The van der Waals surface area contributed by atoms with Gasteiger partial charge in [0.2, 0.25) is 0 Å². The highest BCUT2D eigenvalue weighted by Gasteiger charge is 2.35. The Bertz CT molecular complexity index is 852. The van der Waals surface area contributed by atoms with Crippen LogP contribution in [-0.4, -0.2) is 7.11 Å². The summed E-state index contributed by atoms with van der Waals surface area (Å²) in [6.07, 6.45) is 12.9. The second-order valence-electron chi connectivity index (χ2n) is 9.45. The number of ether oxygens (including phenoxy) is 1. The molecule has 2 aromatic carbocycles. The fourth-order valence-corrected chi connectivity index (χ4v) is 5.70. The molecule has 30 heavy (non-hydrogen) atoms. The molecule has 2 aliphatic rings. The molecule has 2 aromatic rings. The van der Waals surface area contributed by atoms with E-state index >= 15 is 0 Å². The summed E-state index contributed by atoms with van der Waals surface area (Å²) in [5.41, 5.74) is 3.64. The van der Waals surface area contributed by atoms with Crippen molar-refractivity contribution < 1.29 is 4.74 Å². The lowest BCUT2D eigenvalue weighted by Crippen LogP contribution is -2.30. The molecule has 1 nitrogen and oxygen atoms in total. The number of unbranched alkanes of at least 4 members (excludes halogenated alkanes) is 1. The molecule has 0 bridgehead atoms. The van der Waals surface area contributed by atoms with Crippen LogP contribution < -0.4 is 4.74 Å². The van der Waals surface area contributed by atoms with Crippen LogP contribution in [0.4, 0.5) is 0 Å². The van der Waals surface area contributed by atoms with Crippen molar-refractivity contribution in [3.05, 3.63) is 65.2 Å². The van der Waals surface area contributed by atoms with E-state index in [-0.39, 0.29) is 0 Å². The Hall–Kier alpha value is -2.20. The second-order valence-corrected chi connectivity index (χ2v) is 9.45. The van der Waals surface area contributed by atoms with E-state index in [0.29, 0.717) is 0 Å². The molecule has 0 aliphatic heterocycles. The van der Waals surface area contributed by atoms with Gasteiger partial charge in [-0.25, -0.2) is 0 Å². The molecule has 2 saturated carbocycles. The number of hydrogen-bond acceptors (Lipinski definition) is 1. The average Bonchev–Trinajstić information content (AvgIpc) is 2.81. The average molecular weight is 401 g/mol. The van der Waals surface area contributed by atoms with Gasteiger partial charge in [0.05, 0.1) is 7.11 Å². The van der Waals surface area contributed by atoms with Gasteiger partial charge in [-0.1, -0.05) is 56.6 Å². The monoisotopic (exact) mass is 400 g/mol. The molecule has 1 heteroatoms. The maximum Gasteiger partial charge on any atom is 0.118 e. The number of rotatable bonds is 5. The number of methoxy groups -OCH3 is 1. The van der Waals surface area contributed by atoms with E-state index in [1.165, 1.54) is 63.4 Å². The second kappa shape index (κ2) is 10.2. The standard InChI is InChI=1S/C29H36O/c1-3-4-5-24-10-15-28-21-27(17-16-26(28)20-24)25-13-8-22(9-14-25)6-7-23-11-18-29(30-2)19-12-23/h8-9,11-14,18-19,24,26-28H,3-5,10,15-17,20-21H2,1-2H3. The van der Waals surface area contributed by atoms with Gasteiger partial charge in [-0.2, -0.15) is 0 Å². The van der Waals surface area contributed by atoms with Crippen molar-refractivity contribution in [1.82, 2.24) is 0 Å². The quantitative estimate of drug-likeness (QED) is 0.470. The van der Waals surface area contributed by atoms with Crippen LogP contribution in [0.5, 0.6) is 5.75 Å². The summed E-state index contributed by atoms with van der Waals surface area (Å²) in [6, 6.07) is 17.0. The Kier molecular flexibility index (Phi) is 7.16. The van der Waals surface area contributed by atoms with E-state index in [0.717, 1.165) is 40.5 Å². The molecular weight excluding hydrogens is 364 g/mol. The zero-order chi connectivity index (χ0) is 20.8. The van der Waals surface area contributed by atoms with Crippen molar-refractivity contribution in [1.29, 1.82) is 0 Å². The molecule has 4 rings (SSSR count). The number of hydrogen-bond donors (Lipinski definition) is 0. The maximum atomic E-state index is 5.21. The third kappa shape index (κ3) is 5.28. The van der Waals surface area contributed by atoms with Crippen LogP contribution in [0, 0.1) is 29.6 Å². The summed E-state index contributed by atoms with van der Waals surface area (Å²) >= 11 is 0. The summed E-state index contributed by atoms with van der Waals surface area (Å²) in [7, 11) is 1.69. The fourth-order valence-electron chi connectivity index (χ4n) is 5.70. The third-order valence-corrected chi connectivity index (χ3v) is 7.51. The SMILES string of the molecule is CCCCC1CCC2CC(c3ccc(C#Cc4ccc(OC)cc4)cc3)CCC2C1. The minimum absolute atomic E-state index is 0.752. The van der Waals surface area contributed by atoms with Gasteiger partial charge in [-0.05, 0) is 97.7 Å². The Labute approximate surface area is 183 Å². The summed E-state index contributed by atoms with van der Waals surface area (Å²) in [4.78, 5) is 0. The van der Waals surface area contributed by atoms with Crippen molar-refractivity contribution >= 4 is 0 Å². The zero-order valence-electron chi connectivity index (χ0n) is 18.7. The molecule has 0 amide bonds. The first-order chi connectivity index (χ1) is 14.7. The molecule has 4 atom stereocenters. The van der Waals surface area contributed by atoms with E-state index < -0.39 is 0 Å². The highest BCUT2D eigenvalue weighted by Crippen LogP contribution is 2.48. The maximum absolute atomic E-state index is 5.21. The van der Waals surface area contributed by atoms with Crippen LogP contribution in [-0.2, 0) is 0 Å². The van der Waals surface area contributed by atoms with Crippen LogP contribution in [0.15, 0.2) is 48.5 Å². The lowest BCUT2D eigenvalue weighted by Gasteiger charge is -2.42. The normalized spacial score (nSPS) is 25.7. The van der Waals surface area contributed by atoms with Crippen LogP contribution in [0.3, 0.4) is 0 Å². The first-order valence-electron chi connectivity index (χ1n) is 12.0. The smallest absolute Gasteiger partial charge is 0.118 e. The molecule has 0 saturated heterocycles. The molecule has 4 unspecified atom stereocenters. The Morgan fingerprint density at radius 2 is 1.43 bits per heavy atom. The molecule has 0 heterocycles.